The molecule has 20 heavy (non-hydrogen) atoms. The maximum atomic E-state index is 12.0. The Hall–Kier alpha value is -1.60. The normalized spacial score (nSPS) is 21.6. The van der Waals surface area contributed by atoms with Crippen molar-refractivity contribution in [1.29, 1.82) is 0 Å². The van der Waals surface area contributed by atoms with Crippen LogP contribution >= 0.6 is 15.9 Å². The zero-order chi connectivity index (χ0) is 14.7. The summed E-state index contributed by atoms with van der Waals surface area (Å²) in [5.74, 6) is -1.22. The number of rotatable bonds is 4. The van der Waals surface area contributed by atoms with Crippen molar-refractivity contribution in [3.63, 3.8) is 0 Å². The van der Waals surface area contributed by atoms with E-state index < -0.39 is 12.1 Å². The molecule has 1 aliphatic rings. The van der Waals surface area contributed by atoms with Crippen molar-refractivity contribution in [2.45, 2.75) is 25.0 Å². The van der Waals surface area contributed by atoms with E-state index in [1.54, 1.807) is 18.2 Å². The molecule has 0 aliphatic carbocycles. The molecule has 0 aromatic heterocycles. The summed E-state index contributed by atoms with van der Waals surface area (Å²) in [7, 11) is 0. The average molecular weight is 343 g/mol. The minimum absolute atomic E-state index is 0.260. The lowest BCUT2D eigenvalue weighted by Crippen LogP contribution is -2.33. The first kappa shape index (κ1) is 14.8. The van der Waals surface area contributed by atoms with Crippen LogP contribution in [0.4, 0.5) is 5.69 Å². The molecule has 2 atom stereocenters. The third-order valence-corrected chi connectivity index (χ3v) is 3.51. The number of hydrogen-bond donors (Lipinski definition) is 3. The summed E-state index contributed by atoms with van der Waals surface area (Å²) in [5, 5.41) is 11.5. The Balaban J connectivity index is 1.88. The fraction of sp³-hybridized carbons (Fsp3) is 0.385. The van der Waals surface area contributed by atoms with Crippen molar-refractivity contribution in [3.8, 4) is 0 Å². The number of carboxylic acid groups (broad SMARTS) is 1. The maximum Gasteiger partial charge on any atom is 0.332 e. The largest absolute Gasteiger partial charge is 0.479 e. The molecule has 6 nitrogen and oxygen atoms in total. The van der Waals surface area contributed by atoms with Crippen molar-refractivity contribution in [1.82, 2.24) is 5.32 Å². The minimum Gasteiger partial charge on any atom is -0.479 e. The van der Waals surface area contributed by atoms with Crippen LogP contribution in [0.25, 0.3) is 0 Å². The van der Waals surface area contributed by atoms with Gasteiger partial charge in [0.1, 0.15) is 0 Å². The number of aliphatic carboxylic acids is 1. The van der Waals surface area contributed by atoms with Gasteiger partial charge in [-0.05, 0) is 31.0 Å². The van der Waals surface area contributed by atoms with Gasteiger partial charge in [-0.2, -0.15) is 0 Å². The molecule has 1 saturated heterocycles. The lowest BCUT2D eigenvalue weighted by molar-refractivity contribution is -0.149. The van der Waals surface area contributed by atoms with Gasteiger partial charge in [0.2, 0.25) is 0 Å². The van der Waals surface area contributed by atoms with Gasteiger partial charge in [-0.15, -0.1) is 0 Å². The van der Waals surface area contributed by atoms with Gasteiger partial charge in [-0.1, -0.05) is 15.9 Å². The number of ether oxygens (including phenoxy) is 1. The minimum atomic E-state index is -0.960. The van der Waals surface area contributed by atoms with Gasteiger partial charge >= 0.3 is 5.97 Å². The van der Waals surface area contributed by atoms with Gasteiger partial charge in [-0.25, -0.2) is 4.79 Å². The van der Waals surface area contributed by atoms with E-state index in [1.807, 2.05) is 0 Å². The lowest BCUT2D eigenvalue weighted by Gasteiger charge is -2.12. The van der Waals surface area contributed by atoms with Crippen molar-refractivity contribution >= 4 is 33.5 Å². The van der Waals surface area contributed by atoms with Crippen LogP contribution in [0.3, 0.4) is 0 Å². The highest BCUT2D eigenvalue weighted by atomic mass is 79.9. The van der Waals surface area contributed by atoms with Crippen molar-refractivity contribution in [2.24, 2.45) is 0 Å². The molecule has 1 fully saturated rings. The van der Waals surface area contributed by atoms with Crippen LogP contribution in [-0.4, -0.2) is 35.7 Å². The monoisotopic (exact) mass is 342 g/mol. The molecular weight excluding hydrogens is 328 g/mol. The molecule has 1 aliphatic heterocycles. The molecular formula is C13H15BrN2O4. The van der Waals surface area contributed by atoms with Crippen LogP contribution in [0.15, 0.2) is 22.7 Å². The molecule has 0 spiro atoms. The molecule has 1 heterocycles. The highest BCUT2D eigenvalue weighted by molar-refractivity contribution is 9.10. The predicted molar refractivity (Wildman–Crippen MR) is 76.4 cm³/mol. The maximum absolute atomic E-state index is 12.0. The fourth-order valence-electron chi connectivity index (χ4n) is 2.09. The number of carbonyl (C=O) groups excluding carboxylic acids is 1. The molecule has 1 aromatic carbocycles. The lowest BCUT2D eigenvalue weighted by atomic mass is 10.1. The van der Waals surface area contributed by atoms with Crippen LogP contribution in [0.5, 0.6) is 0 Å². The summed E-state index contributed by atoms with van der Waals surface area (Å²) >= 11 is 3.27. The Bertz CT molecular complexity index is 515. The molecule has 0 radical (unpaired) electrons. The Kier molecular flexibility index (Phi) is 4.61. The van der Waals surface area contributed by atoms with Crippen LogP contribution in [0, 0.1) is 0 Å². The molecule has 2 rings (SSSR count). The van der Waals surface area contributed by atoms with Crippen molar-refractivity contribution in [2.75, 3.05) is 12.3 Å². The summed E-state index contributed by atoms with van der Waals surface area (Å²) < 4.78 is 6.04. The second kappa shape index (κ2) is 6.23. The molecule has 2 unspecified atom stereocenters. The van der Waals surface area contributed by atoms with Gasteiger partial charge in [0, 0.05) is 22.3 Å². The van der Waals surface area contributed by atoms with Crippen LogP contribution in [0.1, 0.15) is 23.2 Å². The number of nitrogen functional groups attached to an aromatic ring is 1. The number of benzene rings is 1. The molecule has 0 bridgehead atoms. The molecule has 1 amide bonds. The Morgan fingerprint density at radius 3 is 2.75 bits per heavy atom. The first-order valence-corrected chi connectivity index (χ1v) is 6.97. The number of nitrogens with two attached hydrogens (primary N) is 1. The third kappa shape index (κ3) is 3.71. The van der Waals surface area contributed by atoms with E-state index in [2.05, 4.69) is 21.2 Å². The van der Waals surface area contributed by atoms with E-state index in [4.69, 9.17) is 15.6 Å². The van der Waals surface area contributed by atoms with E-state index >= 15 is 0 Å². The summed E-state index contributed by atoms with van der Waals surface area (Å²) in [5.41, 5.74) is 6.61. The number of halogens is 1. The van der Waals surface area contributed by atoms with Gasteiger partial charge in [0.05, 0.1) is 6.10 Å². The third-order valence-electron chi connectivity index (χ3n) is 3.06. The Morgan fingerprint density at radius 1 is 1.40 bits per heavy atom. The van der Waals surface area contributed by atoms with Crippen LogP contribution in [-0.2, 0) is 9.53 Å². The van der Waals surface area contributed by atoms with E-state index in [0.717, 1.165) is 4.47 Å². The van der Waals surface area contributed by atoms with E-state index in [1.165, 1.54) is 0 Å². The highest BCUT2D eigenvalue weighted by Crippen LogP contribution is 2.20. The highest BCUT2D eigenvalue weighted by Gasteiger charge is 2.30. The van der Waals surface area contributed by atoms with Crippen molar-refractivity contribution < 1.29 is 19.4 Å². The first-order chi connectivity index (χ1) is 9.45. The van der Waals surface area contributed by atoms with Gasteiger partial charge < -0.3 is 20.9 Å². The summed E-state index contributed by atoms with van der Waals surface area (Å²) in [6.45, 7) is 0.287. The quantitative estimate of drug-likeness (QED) is 0.717. The average Bonchev–Trinajstić information content (AvgIpc) is 2.83. The molecule has 108 valence electrons. The predicted octanol–water partition coefficient (Wildman–Crippen LogP) is 1.39. The molecule has 0 saturated carbocycles. The topological polar surface area (TPSA) is 102 Å². The first-order valence-electron chi connectivity index (χ1n) is 6.18. The van der Waals surface area contributed by atoms with Crippen LogP contribution < -0.4 is 11.1 Å². The molecule has 4 N–H and O–H groups in total. The summed E-state index contributed by atoms with van der Waals surface area (Å²) in [6.07, 6.45) is 0.0698. The second-order valence-corrected chi connectivity index (χ2v) is 5.56. The smallest absolute Gasteiger partial charge is 0.332 e. The zero-order valence-electron chi connectivity index (χ0n) is 10.6. The zero-order valence-corrected chi connectivity index (χ0v) is 12.2. The van der Waals surface area contributed by atoms with Gasteiger partial charge in [-0.3, -0.25) is 4.79 Å². The number of hydrogen-bond acceptors (Lipinski definition) is 4. The van der Waals surface area contributed by atoms with Gasteiger partial charge in [0.15, 0.2) is 6.10 Å². The fourth-order valence-corrected chi connectivity index (χ4v) is 2.60. The number of anilines is 1. The Morgan fingerprint density at radius 2 is 2.15 bits per heavy atom. The summed E-state index contributed by atoms with van der Waals surface area (Å²) in [6, 6.07) is 4.95. The molecule has 7 heteroatoms. The number of nitrogens with one attached hydrogen (secondary N) is 1. The number of amides is 1. The Labute approximate surface area is 124 Å². The number of carboxylic acids is 1. The van der Waals surface area contributed by atoms with Crippen LogP contribution in [0.2, 0.25) is 0 Å². The number of carbonyl (C=O) groups is 2. The SMILES string of the molecule is Nc1cc(Br)cc(C(=O)NCC2CCC(C(=O)O)O2)c1. The van der Waals surface area contributed by atoms with E-state index in [0.29, 0.717) is 24.1 Å². The van der Waals surface area contributed by atoms with E-state index in [-0.39, 0.29) is 18.6 Å². The second-order valence-electron chi connectivity index (χ2n) is 4.65. The van der Waals surface area contributed by atoms with E-state index in [9.17, 15) is 9.59 Å². The summed E-state index contributed by atoms with van der Waals surface area (Å²) in [4.78, 5) is 22.7. The van der Waals surface area contributed by atoms with Crippen molar-refractivity contribution in [3.05, 3.63) is 28.2 Å². The molecule has 1 aromatic rings. The standard InChI is InChI=1S/C13H15BrN2O4/c14-8-3-7(4-9(15)5-8)12(17)16-6-10-1-2-11(20-10)13(18)19/h3-5,10-11H,1-2,6,15H2,(H,16,17)(H,18,19). The van der Waals surface area contributed by atoms with Gasteiger partial charge in [0.25, 0.3) is 5.91 Å².